The first-order valence-electron chi connectivity index (χ1n) is 11.2. The lowest BCUT2D eigenvalue weighted by molar-refractivity contribution is 0.102. The molecular formula is C27H29N5O2. The molecule has 0 spiro atoms. The number of hydrogen-bond donors (Lipinski definition) is 1. The van der Waals surface area contributed by atoms with Crippen molar-refractivity contribution in [2.75, 3.05) is 5.32 Å². The highest BCUT2D eigenvalue weighted by Crippen LogP contribution is 2.25. The van der Waals surface area contributed by atoms with Crippen molar-refractivity contribution < 1.29 is 9.53 Å². The zero-order valence-corrected chi connectivity index (χ0v) is 20.4. The van der Waals surface area contributed by atoms with E-state index in [2.05, 4.69) is 41.2 Å². The van der Waals surface area contributed by atoms with Gasteiger partial charge in [0.1, 0.15) is 11.6 Å². The van der Waals surface area contributed by atoms with Crippen molar-refractivity contribution in [3.63, 3.8) is 0 Å². The molecule has 0 radical (unpaired) electrons. The summed E-state index contributed by atoms with van der Waals surface area (Å²) in [6.07, 6.45) is 0. The van der Waals surface area contributed by atoms with E-state index in [9.17, 15) is 4.79 Å². The highest BCUT2D eigenvalue weighted by Gasteiger charge is 2.15. The normalized spacial score (nSPS) is 11.4. The lowest BCUT2D eigenvalue weighted by Crippen LogP contribution is -2.14. The molecule has 0 aliphatic heterocycles. The lowest BCUT2D eigenvalue weighted by Gasteiger charge is -2.19. The van der Waals surface area contributed by atoms with Gasteiger partial charge >= 0.3 is 0 Å². The number of amides is 1. The van der Waals surface area contributed by atoms with Gasteiger partial charge in [-0.3, -0.25) is 4.79 Å². The molecule has 2 aromatic carbocycles. The average molecular weight is 456 g/mol. The Kier molecular flexibility index (Phi) is 6.20. The topological polar surface area (TPSA) is 81.9 Å². The summed E-state index contributed by atoms with van der Waals surface area (Å²) in [7, 11) is 0. The van der Waals surface area contributed by atoms with Crippen LogP contribution in [0.2, 0.25) is 0 Å². The molecule has 1 N–H and O–H groups in total. The van der Waals surface area contributed by atoms with Crippen LogP contribution in [0.3, 0.4) is 0 Å². The van der Waals surface area contributed by atoms with Gasteiger partial charge in [-0.25, -0.2) is 9.67 Å². The summed E-state index contributed by atoms with van der Waals surface area (Å²) in [5.74, 6) is 2.10. The van der Waals surface area contributed by atoms with Gasteiger partial charge in [-0.05, 0) is 74.2 Å². The van der Waals surface area contributed by atoms with Gasteiger partial charge in [0.2, 0.25) is 5.88 Å². The van der Waals surface area contributed by atoms with Crippen LogP contribution in [-0.2, 0) is 5.41 Å². The van der Waals surface area contributed by atoms with Crippen LogP contribution in [0.1, 0.15) is 53.9 Å². The van der Waals surface area contributed by atoms with Crippen molar-refractivity contribution in [1.82, 2.24) is 19.7 Å². The van der Waals surface area contributed by atoms with E-state index in [-0.39, 0.29) is 11.3 Å². The number of nitrogens with zero attached hydrogens (tertiary/aromatic N) is 4. The molecule has 7 heteroatoms. The molecule has 7 nitrogen and oxygen atoms in total. The molecule has 1 amide bonds. The summed E-state index contributed by atoms with van der Waals surface area (Å²) < 4.78 is 7.72. The second-order valence-corrected chi connectivity index (χ2v) is 9.36. The molecule has 0 bridgehead atoms. The maximum Gasteiger partial charge on any atom is 0.255 e. The molecule has 34 heavy (non-hydrogen) atoms. The van der Waals surface area contributed by atoms with Crippen LogP contribution in [0.4, 0.5) is 5.69 Å². The van der Waals surface area contributed by atoms with Crippen molar-refractivity contribution in [2.24, 2.45) is 0 Å². The third-order valence-corrected chi connectivity index (χ3v) is 5.38. The molecule has 0 saturated carbocycles. The SMILES string of the molecule is Cc1cc(C)n(-c2cc(Oc3ccc(NC(=O)c4ccc(C(C)(C)C)cc4)cc3)nc(C)n2)n1. The van der Waals surface area contributed by atoms with Gasteiger partial charge in [0.05, 0.1) is 5.69 Å². The summed E-state index contributed by atoms with van der Waals surface area (Å²) in [6.45, 7) is 12.2. The van der Waals surface area contributed by atoms with E-state index in [1.165, 1.54) is 5.56 Å². The number of aryl methyl sites for hydroxylation is 3. The van der Waals surface area contributed by atoms with E-state index in [0.717, 1.165) is 11.4 Å². The Bertz CT molecular complexity index is 1320. The van der Waals surface area contributed by atoms with Gasteiger partial charge in [-0.1, -0.05) is 32.9 Å². The molecule has 2 aromatic heterocycles. The second-order valence-electron chi connectivity index (χ2n) is 9.36. The minimum absolute atomic E-state index is 0.0456. The van der Waals surface area contributed by atoms with Crippen LogP contribution in [0.5, 0.6) is 11.6 Å². The van der Waals surface area contributed by atoms with Gasteiger partial charge in [0, 0.05) is 23.0 Å². The van der Waals surface area contributed by atoms with Crippen LogP contribution in [0, 0.1) is 20.8 Å². The average Bonchev–Trinajstić information content (AvgIpc) is 3.12. The van der Waals surface area contributed by atoms with Crippen molar-refractivity contribution in [2.45, 2.75) is 47.0 Å². The first-order valence-corrected chi connectivity index (χ1v) is 11.2. The number of ether oxygens (including phenoxy) is 1. The summed E-state index contributed by atoms with van der Waals surface area (Å²) in [6, 6.07) is 18.6. The Morgan fingerprint density at radius 2 is 1.59 bits per heavy atom. The van der Waals surface area contributed by atoms with E-state index >= 15 is 0 Å². The highest BCUT2D eigenvalue weighted by molar-refractivity contribution is 6.04. The van der Waals surface area contributed by atoms with Crippen molar-refractivity contribution in [3.8, 4) is 17.4 Å². The van der Waals surface area contributed by atoms with Gasteiger partial charge in [-0.2, -0.15) is 10.1 Å². The monoisotopic (exact) mass is 455 g/mol. The van der Waals surface area contributed by atoms with E-state index < -0.39 is 0 Å². The quantitative estimate of drug-likeness (QED) is 0.403. The molecule has 2 heterocycles. The number of rotatable bonds is 5. The Hall–Kier alpha value is -4.00. The third kappa shape index (κ3) is 5.31. The number of carbonyl (C=O) groups excluding carboxylic acids is 1. The fourth-order valence-corrected chi connectivity index (χ4v) is 3.60. The van der Waals surface area contributed by atoms with Crippen molar-refractivity contribution in [3.05, 3.63) is 89.0 Å². The Balaban J connectivity index is 1.45. The highest BCUT2D eigenvalue weighted by atomic mass is 16.5. The summed E-state index contributed by atoms with van der Waals surface area (Å²) in [5.41, 5.74) is 4.42. The largest absolute Gasteiger partial charge is 0.439 e. The molecule has 0 unspecified atom stereocenters. The van der Waals surface area contributed by atoms with Crippen LogP contribution >= 0.6 is 0 Å². The number of hydrogen-bond acceptors (Lipinski definition) is 5. The van der Waals surface area contributed by atoms with Gasteiger partial charge < -0.3 is 10.1 Å². The predicted octanol–water partition coefficient (Wildman–Crippen LogP) is 5.93. The maximum atomic E-state index is 12.6. The first-order chi connectivity index (χ1) is 16.1. The van der Waals surface area contributed by atoms with E-state index in [0.29, 0.717) is 34.5 Å². The Morgan fingerprint density at radius 3 is 2.18 bits per heavy atom. The standard InChI is InChI=1S/C27H29N5O2/c1-17-15-18(2)32(31-17)24-16-25(29-19(3)28-24)34-23-13-11-22(12-14-23)30-26(33)20-7-9-21(10-8-20)27(4,5)6/h7-16H,1-6H3,(H,30,33). The van der Waals surface area contributed by atoms with Crippen LogP contribution < -0.4 is 10.1 Å². The molecule has 0 aliphatic rings. The van der Waals surface area contributed by atoms with Crippen LogP contribution in [-0.4, -0.2) is 25.7 Å². The molecule has 0 saturated heterocycles. The van der Waals surface area contributed by atoms with E-state index in [1.807, 2.05) is 51.1 Å². The fraction of sp³-hybridized carbons (Fsp3) is 0.259. The smallest absolute Gasteiger partial charge is 0.255 e. The summed E-state index contributed by atoms with van der Waals surface area (Å²) >= 11 is 0. The van der Waals surface area contributed by atoms with E-state index in [1.54, 1.807) is 35.0 Å². The molecule has 174 valence electrons. The minimum atomic E-state index is -0.157. The molecule has 0 atom stereocenters. The number of nitrogens with one attached hydrogen (secondary N) is 1. The number of benzene rings is 2. The summed E-state index contributed by atoms with van der Waals surface area (Å²) in [4.78, 5) is 21.5. The zero-order valence-electron chi connectivity index (χ0n) is 20.4. The minimum Gasteiger partial charge on any atom is -0.439 e. The van der Waals surface area contributed by atoms with Crippen LogP contribution in [0.15, 0.2) is 60.7 Å². The Labute approximate surface area is 199 Å². The molecule has 4 rings (SSSR count). The van der Waals surface area contributed by atoms with Gasteiger partial charge in [0.15, 0.2) is 5.82 Å². The molecular weight excluding hydrogens is 426 g/mol. The first kappa shape index (κ1) is 23.2. The summed E-state index contributed by atoms with van der Waals surface area (Å²) in [5, 5.41) is 7.41. The van der Waals surface area contributed by atoms with Gasteiger partial charge in [0.25, 0.3) is 5.91 Å². The lowest BCUT2D eigenvalue weighted by atomic mass is 9.87. The predicted molar refractivity (Wildman–Crippen MR) is 133 cm³/mol. The molecule has 4 aromatic rings. The Morgan fingerprint density at radius 1 is 0.912 bits per heavy atom. The van der Waals surface area contributed by atoms with E-state index in [4.69, 9.17) is 4.74 Å². The number of aromatic nitrogens is 4. The zero-order chi connectivity index (χ0) is 24.5. The van der Waals surface area contributed by atoms with Crippen molar-refractivity contribution in [1.29, 1.82) is 0 Å². The molecule has 0 aliphatic carbocycles. The number of carbonyl (C=O) groups is 1. The second kappa shape index (κ2) is 9.09. The maximum absolute atomic E-state index is 12.6. The van der Waals surface area contributed by atoms with Crippen LogP contribution in [0.25, 0.3) is 5.82 Å². The third-order valence-electron chi connectivity index (χ3n) is 5.38. The fourth-order valence-electron chi connectivity index (χ4n) is 3.60. The van der Waals surface area contributed by atoms with Crippen molar-refractivity contribution >= 4 is 11.6 Å². The number of anilines is 1. The molecule has 0 fully saturated rings. The van der Waals surface area contributed by atoms with Gasteiger partial charge in [-0.15, -0.1) is 0 Å².